The number of fused-ring (bicyclic) bond motifs is 1. The van der Waals surface area contributed by atoms with Gasteiger partial charge in [0.05, 0.1) is 21.8 Å². The second-order valence-corrected chi connectivity index (χ2v) is 11.6. The van der Waals surface area contributed by atoms with Crippen LogP contribution in [-0.4, -0.2) is 82.1 Å². The maximum absolute atomic E-state index is 13.9. The van der Waals surface area contributed by atoms with Crippen LogP contribution in [0.1, 0.15) is 32.3 Å². The van der Waals surface area contributed by atoms with Crippen LogP contribution in [0.25, 0.3) is 22.2 Å². The van der Waals surface area contributed by atoms with Gasteiger partial charge in [0.1, 0.15) is 17.2 Å². The number of carbonyl (C=O) groups excluding carboxylic acids is 1. The van der Waals surface area contributed by atoms with Crippen LogP contribution >= 0.6 is 11.6 Å². The molecule has 2 saturated heterocycles. The van der Waals surface area contributed by atoms with Crippen LogP contribution in [0, 0.1) is 0 Å². The number of rotatable bonds is 6. The number of likely N-dealkylation sites (tertiary alicyclic amines) is 1. The molecule has 13 heteroatoms. The molecule has 0 unspecified atom stereocenters. The molecule has 9 nitrogen and oxygen atoms in total. The average Bonchev–Trinajstić information content (AvgIpc) is 3.38. The number of nitrogen functional groups attached to an aromatic ring is 1. The van der Waals surface area contributed by atoms with Crippen molar-refractivity contribution in [2.75, 3.05) is 50.4 Å². The SMILES string of the molecule is C=CC(=O)N1CCN(c2nc(OC(C)(C)[C@@H]3CCCN3C)nc3cc(-c4nc(N)ccc4C(F)(F)F)c(Cl)cc23)CC1. The molecule has 4 heterocycles. The standard InChI is InChI=1S/C29H33ClF3N7O2/c1-5-24(41)39-11-13-40(14-12-39)26-18-15-20(30)17(25-19(29(31,32)33)8-9-23(34)36-25)16-21(18)35-27(37-26)42-28(2,3)22-7-6-10-38(22)4/h5,8-9,15-16,22H,1,6-7,10-14H2,2-4H3,(H2,34,36)/t22-/m0/s1. The fraction of sp³-hybridized carbons (Fsp3) is 0.448. The summed E-state index contributed by atoms with van der Waals surface area (Å²) >= 11 is 6.63. The Kier molecular flexibility index (Phi) is 7.97. The van der Waals surface area contributed by atoms with Crippen molar-refractivity contribution in [1.29, 1.82) is 0 Å². The van der Waals surface area contributed by atoms with Gasteiger partial charge in [-0.25, -0.2) is 4.98 Å². The lowest BCUT2D eigenvalue weighted by Crippen LogP contribution is -2.49. The van der Waals surface area contributed by atoms with E-state index in [9.17, 15) is 18.0 Å². The minimum atomic E-state index is -4.68. The zero-order valence-electron chi connectivity index (χ0n) is 23.7. The molecule has 0 bridgehead atoms. The van der Waals surface area contributed by atoms with Crippen molar-refractivity contribution in [3.8, 4) is 17.3 Å². The maximum atomic E-state index is 13.9. The molecule has 0 aliphatic carbocycles. The Morgan fingerprint density at radius 2 is 1.83 bits per heavy atom. The van der Waals surface area contributed by atoms with Gasteiger partial charge in [0, 0.05) is 43.2 Å². The lowest BCUT2D eigenvalue weighted by Gasteiger charge is -2.37. The van der Waals surface area contributed by atoms with Crippen molar-refractivity contribution in [2.24, 2.45) is 0 Å². The van der Waals surface area contributed by atoms with Crippen molar-refractivity contribution in [3.05, 3.63) is 47.5 Å². The molecule has 2 aliphatic rings. The monoisotopic (exact) mass is 603 g/mol. The van der Waals surface area contributed by atoms with E-state index >= 15 is 0 Å². The highest BCUT2D eigenvalue weighted by Gasteiger charge is 2.39. The van der Waals surface area contributed by atoms with Crippen molar-refractivity contribution < 1.29 is 22.7 Å². The summed E-state index contributed by atoms with van der Waals surface area (Å²) in [6, 6.07) is 5.24. The molecular weight excluding hydrogens is 571 g/mol. The second kappa shape index (κ2) is 11.2. The fourth-order valence-electron chi connectivity index (χ4n) is 5.85. The lowest BCUT2D eigenvalue weighted by atomic mass is 9.96. The molecule has 0 saturated carbocycles. The number of nitrogens with zero attached hydrogens (tertiary/aromatic N) is 6. The first-order valence-corrected chi connectivity index (χ1v) is 14.1. The van der Waals surface area contributed by atoms with Gasteiger partial charge < -0.3 is 20.3 Å². The number of anilines is 2. The highest BCUT2D eigenvalue weighted by molar-refractivity contribution is 6.34. The molecule has 42 heavy (non-hydrogen) atoms. The van der Waals surface area contributed by atoms with Crippen molar-refractivity contribution >= 4 is 40.0 Å². The van der Waals surface area contributed by atoms with E-state index in [1.165, 1.54) is 12.1 Å². The maximum Gasteiger partial charge on any atom is 0.418 e. The van der Waals surface area contributed by atoms with Gasteiger partial charge in [-0.1, -0.05) is 18.2 Å². The number of carbonyl (C=O) groups is 1. The summed E-state index contributed by atoms with van der Waals surface area (Å²) in [6.07, 6.45) is -1.41. The van der Waals surface area contributed by atoms with E-state index < -0.39 is 17.3 Å². The number of halogens is 4. The van der Waals surface area contributed by atoms with E-state index in [4.69, 9.17) is 27.1 Å². The molecule has 0 spiro atoms. The average molecular weight is 604 g/mol. The molecule has 2 fully saturated rings. The van der Waals surface area contributed by atoms with E-state index in [-0.39, 0.29) is 40.1 Å². The molecule has 2 N–H and O–H groups in total. The van der Waals surface area contributed by atoms with Gasteiger partial charge in [0.25, 0.3) is 0 Å². The quantitative estimate of drug-likeness (QED) is 0.392. The number of aromatic nitrogens is 3. The third-order valence-electron chi connectivity index (χ3n) is 7.96. The molecule has 2 aromatic heterocycles. The molecule has 1 atom stereocenters. The van der Waals surface area contributed by atoms with Crippen molar-refractivity contribution in [1.82, 2.24) is 24.8 Å². The predicted molar refractivity (Wildman–Crippen MR) is 157 cm³/mol. The number of likely N-dealkylation sites (N-methyl/N-ethyl adjacent to an activating group) is 1. The normalized spacial score (nSPS) is 18.5. The van der Waals surface area contributed by atoms with Gasteiger partial charge in [-0.15, -0.1) is 0 Å². The minimum absolute atomic E-state index is 0.0376. The fourth-order valence-corrected chi connectivity index (χ4v) is 6.10. The first-order valence-electron chi connectivity index (χ1n) is 13.7. The number of nitrogens with two attached hydrogens (primary N) is 1. The zero-order valence-corrected chi connectivity index (χ0v) is 24.5. The third-order valence-corrected chi connectivity index (χ3v) is 8.28. The molecular formula is C29H33ClF3N7O2. The highest BCUT2D eigenvalue weighted by Crippen LogP contribution is 2.42. The van der Waals surface area contributed by atoms with Gasteiger partial charge in [-0.2, -0.15) is 23.1 Å². The Morgan fingerprint density at radius 3 is 2.45 bits per heavy atom. The number of hydrogen-bond donors (Lipinski definition) is 1. The first kappa shape index (κ1) is 29.8. The van der Waals surface area contributed by atoms with Crippen LogP contribution in [0.4, 0.5) is 24.8 Å². The number of alkyl halides is 3. The van der Waals surface area contributed by atoms with Gasteiger partial charge in [-0.05, 0) is 70.6 Å². The molecule has 3 aromatic rings. The van der Waals surface area contributed by atoms with E-state index in [0.717, 1.165) is 31.5 Å². The minimum Gasteiger partial charge on any atom is -0.456 e. The summed E-state index contributed by atoms with van der Waals surface area (Å²) in [4.78, 5) is 31.5. The molecule has 0 radical (unpaired) electrons. The summed E-state index contributed by atoms with van der Waals surface area (Å²) in [5.74, 6) is 0.286. The van der Waals surface area contributed by atoms with Crippen LogP contribution < -0.4 is 15.4 Å². The second-order valence-electron chi connectivity index (χ2n) is 11.2. The van der Waals surface area contributed by atoms with Crippen LogP contribution in [0.2, 0.25) is 5.02 Å². The van der Waals surface area contributed by atoms with Crippen molar-refractivity contribution in [3.63, 3.8) is 0 Å². The summed E-state index contributed by atoms with van der Waals surface area (Å²) in [5, 5.41) is 0.575. The molecule has 5 rings (SSSR count). The number of pyridine rings is 1. The Labute approximate surface area is 247 Å². The molecule has 1 amide bonds. The van der Waals surface area contributed by atoms with Gasteiger partial charge in [0.2, 0.25) is 5.91 Å². The van der Waals surface area contributed by atoms with Crippen LogP contribution in [0.5, 0.6) is 6.01 Å². The topological polar surface area (TPSA) is 101 Å². The highest BCUT2D eigenvalue weighted by atomic mass is 35.5. The lowest BCUT2D eigenvalue weighted by molar-refractivity contribution is -0.137. The Hall–Kier alpha value is -3.64. The smallest absolute Gasteiger partial charge is 0.418 e. The molecule has 2 aliphatic heterocycles. The van der Waals surface area contributed by atoms with Crippen LogP contribution in [0.3, 0.4) is 0 Å². The zero-order chi connectivity index (χ0) is 30.4. The van der Waals surface area contributed by atoms with E-state index in [1.807, 2.05) is 25.8 Å². The number of amides is 1. The van der Waals surface area contributed by atoms with Gasteiger partial charge in [0.15, 0.2) is 0 Å². The number of ether oxygens (including phenoxy) is 1. The summed E-state index contributed by atoms with van der Waals surface area (Å²) in [7, 11) is 2.05. The summed E-state index contributed by atoms with van der Waals surface area (Å²) in [5.41, 5.74) is 4.16. The molecule has 1 aromatic carbocycles. The summed E-state index contributed by atoms with van der Waals surface area (Å²) in [6.45, 7) is 10.3. The third kappa shape index (κ3) is 5.82. The number of hydrogen-bond acceptors (Lipinski definition) is 8. The van der Waals surface area contributed by atoms with Crippen LogP contribution in [-0.2, 0) is 11.0 Å². The Bertz CT molecular complexity index is 1520. The van der Waals surface area contributed by atoms with E-state index in [1.54, 1.807) is 11.0 Å². The Balaban J connectivity index is 1.63. The van der Waals surface area contributed by atoms with Gasteiger partial charge in [-0.3, -0.25) is 9.69 Å². The van der Waals surface area contributed by atoms with E-state index in [0.29, 0.717) is 42.9 Å². The van der Waals surface area contributed by atoms with Crippen molar-refractivity contribution in [2.45, 2.75) is 44.5 Å². The predicted octanol–water partition coefficient (Wildman–Crippen LogP) is 5.03. The van der Waals surface area contributed by atoms with E-state index in [2.05, 4.69) is 21.4 Å². The first-order chi connectivity index (χ1) is 19.8. The number of piperazine rings is 1. The number of benzene rings is 1. The summed E-state index contributed by atoms with van der Waals surface area (Å²) < 4.78 is 48.3. The Morgan fingerprint density at radius 1 is 1.12 bits per heavy atom. The van der Waals surface area contributed by atoms with Crippen LogP contribution in [0.15, 0.2) is 36.9 Å². The largest absolute Gasteiger partial charge is 0.456 e. The van der Waals surface area contributed by atoms with Gasteiger partial charge >= 0.3 is 12.2 Å². The molecule has 224 valence electrons.